The van der Waals surface area contributed by atoms with Crippen LogP contribution in [0, 0.1) is 0 Å². The van der Waals surface area contributed by atoms with Crippen LogP contribution in [-0.2, 0) is 5.75 Å². The normalized spacial score (nSPS) is 15.4. The first-order valence-corrected chi connectivity index (χ1v) is 9.47. The van der Waals surface area contributed by atoms with Gasteiger partial charge in [0.15, 0.2) is 0 Å². The van der Waals surface area contributed by atoms with Gasteiger partial charge in [0.2, 0.25) is 0 Å². The van der Waals surface area contributed by atoms with Crippen LogP contribution in [0.5, 0.6) is 0 Å². The highest BCUT2D eigenvalue weighted by molar-refractivity contribution is 7.98. The number of urea groups is 1. The van der Waals surface area contributed by atoms with E-state index in [2.05, 4.69) is 39.7 Å². The molecule has 0 saturated carbocycles. The summed E-state index contributed by atoms with van der Waals surface area (Å²) in [6.45, 7) is 2.25. The van der Waals surface area contributed by atoms with Gasteiger partial charge in [-0.15, -0.1) is 0 Å². The van der Waals surface area contributed by atoms with E-state index in [1.165, 1.54) is 5.56 Å². The molecule has 6 nitrogen and oxygen atoms in total. The van der Waals surface area contributed by atoms with Crippen molar-refractivity contribution in [2.45, 2.75) is 24.6 Å². The number of rotatable bonds is 6. The van der Waals surface area contributed by atoms with Crippen molar-refractivity contribution in [1.29, 1.82) is 0 Å². The predicted octanol–water partition coefficient (Wildman–Crippen LogP) is 2.56. The number of aromatic nitrogens is 3. The number of hydrogen-bond acceptors (Lipinski definition) is 4. The third-order valence-electron chi connectivity index (χ3n) is 4.20. The lowest BCUT2D eigenvalue weighted by Gasteiger charge is -2.31. The average Bonchev–Trinajstić information content (AvgIpc) is 3.17. The Kier molecular flexibility index (Phi) is 6.12. The molecule has 2 amide bonds. The van der Waals surface area contributed by atoms with Crippen molar-refractivity contribution in [3.63, 3.8) is 0 Å². The summed E-state index contributed by atoms with van der Waals surface area (Å²) < 4.78 is 1.90. The number of hydrogen-bond donors (Lipinski definition) is 1. The molecule has 1 aliphatic rings. The van der Waals surface area contributed by atoms with Crippen molar-refractivity contribution in [1.82, 2.24) is 25.0 Å². The summed E-state index contributed by atoms with van der Waals surface area (Å²) >= 11 is 1.84. The van der Waals surface area contributed by atoms with Crippen LogP contribution >= 0.6 is 11.8 Å². The van der Waals surface area contributed by atoms with Crippen molar-refractivity contribution in [2.75, 3.05) is 25.4 Å². The summed E-state index contributed by atoms with van der Waals surface area (Å²) in [7, 11) is 0. The van der Waals surface area contributed by atoms with E-state index in [-0.39, 0.29) is 6.03 Å². The fourth-order valence-corrected chi connectivity index (χ4v) is 3.66. The molecular weight excluding hydrogens is 322 g/mol. The van der Waals surface area contributed by atoms with E-state index in [4.69, 9.17) is 0 Å². The monoisotopic (exact) mass is 345 g/mol. The Labute approximate surface area is 146 Å². The molecule has 3 rings (SSSR count). The first-order chi connectivity index (χ1) is 11.8. The molecule has 1 aromatic carbocycles. The van der Waals surface area contributed by atoms with Gasteiger partial charge >= 0.3 is 6.03 Å². The van der Waals surface area contributed by atoms with E-state index in [1.807, 2.05) is 27.4 Å². The van der Waals surface area contributed by atoms with E-state index in [0.29, 0.717) is 12.6 Å². The predicted molar refractivity (Wildman–Crippen MR) is 95.9 cm³/mol. The minimum atomic E-state index is 0.0485. The molecule has 1 aliphatic heterocycles. The SMILES string of the molecule is O=C(NCCSCc1ccccc1)N1CCC(n2cncn2)CC1. The van der Waals surface area contributed by atoms with Gasteiger partial charge in [0.1, 0.15) is 12.7 Å². The van der Waals surface area contributed by atoms with E-state index in [0.717, 1.165) is 37.4 Å². The molecule has 0 unspecified atom stereocenters. The van der Waals surface area contributed by atoms with Gasteiger partial charge < -0.3 is 10.2 Å². The zero-order valence-electron chi connectivity index (χ0n) is 13.7. The number of piperidine rings is 1. The first kappa shape index (κ1) is 16.8. The van der Waals surface area contributed by atoms with E-state index >= 15 is 0 Å². The van der Waals surface area contributed by atoms with Gasteiger partial charge in [0.25, 0.3) is 0 Å². The molecule has 24 heavy (non-hydrogen) atoms. The van der Waals surface area contributed by atoms with Crippen LogP contribution in [0.15, 0.2) is 43.0 Å². The van der Waals surface area contributed by atoms with Gasteiger partial charge in [0.05, 0.1) is 6.04 Å². The van der Waals surface area contributed by atoms with Crippen LogP contribution < -0.4 is 5.32 Å². The Morgan fingerprint density at radius 1 is 1.25 bits per heavy atom. The number of amides is 2. The summed E-state index contributed by atoms with van der Waals surface area (Å²) in [6.07, 6.45) is 5.18. The maximum absolute atomic E-state index is 12.2. The number of thioether (sulfide) groups is 1. The maximum atomic E-state index is 12.2. The van der Waals surface area contributed by atoms with Crippen LogP contribution in [0.1, 0.15) is 24.4 Å². The minimum Gasteiger partial charge on any atom is -0.337 e. The maximum Gasteiger partial charge on any atom is 0.317 e. The van der Waals surface area contributed by atoms with Gasteiger partial charge in [-0.3, -0.25) is 0 Å². The molecule has 7 heteroatoms. The summed E-state index contributed by atoms with van der Waals surface area (Å²) in [5.41, 5.74) is 1.32. The van der Waals surface area contributed by atoms with Crippen LogP contribution in [0.3, 0.4) is 0 Å². The second kappa shape index (κ2) is 8.73. The largest absolute Gasteiger partial charge is 0.337 e. The standard InChI is InChI=1S/C17H23N5OS/c23-17(19-8-11-24-12-15-4-2-1-3-5-15)21-9-6-16(7-10-21)22-14-18-13-20-22/h1-5,13-14,16H,6-12H2,(H,19,23). The summed E-state index contributed by atoms with van der Waals surface area (Å²) in [5.74, 6) is 1.91. The second-order valence-corrected chi connectivity index (χ2v) is 6.97. The third-order valence-corrected chi connectivity index (χ3v) is 5.23. The molecule has 0 aliphatic carbocycles. The topological polar surface area (TPSA) is 63.1 Å². The zero-order chi connectivity index (χ0) is 16.6. The fraction of sp³-hybridized carbons (Fsp3) is 0.471. The quantitative estimate of drug-likeness (QED) is 0.817. The van der Waals surface area contributed by atoms with Crippen molar-refractivity contribution in [3.8, 4) is 0 Å². The Hall–Kier alpha value is -2.02. The van der Waals surface area contributed by atoms with Gasteiger partial charge in [-0.1, -0.05) is 30.3 Å². The lowest BCUT2D eigenvalue weighted by atomic mass is 10.1. The summed E-state index contributed by atoms with van der Waals surface area (Å²) in [5, 5.41) is 7.21. The average molecular weight is 345 g/mol. The van der Waals surface area contributed by atoms with E-state index < -0.39 is 0 Å². The van der Waals surface area contributed by atoms with Crippen molar-refractivity contribution < 1.29 is 4.79 Å². The molecule has 2 aromatic rings. The van der Waals surface area contributed by atoms with Gasteiger partial charge in [-0.05, 0) is 18.4 Å². The lowest BCUT2D eigenvalue weighted by Crippen LogP contribution is -2.45. The Morgan fingerprint density at radius 3 is 2.75 bits per heavy atom. The highest BCUT2D eigenvalue weighted by atomic mass is 32.2. The van der Waals surface area contributed by atoms with Crippen molar-refractivity contribution in [2.24, 2.45) is 0 Å². The molecular formula is C17H23N5OS. The first-order valence-electron chi connectivity index (χ1n) is 8.31. The second-order valence-electron chi connectivity index (χ2n) is 5.86. The number of carbonyl (C=O) groups excluding carboxylic acids is 1. The Balaban J connectivity index is 1.30. The smallest absolute Gasteiger partial charge is 0.317 e. The number of nitrogens with one attached hydrogen (secondary N) is 1. The summed E-state index contributed by atoms with van der Waals surface area (Å²) in [6, 6.07) is 10.8. The van der Waals surface area contributed by atoms with Crippen LogP contribution in [0.4, 0.5) is 4.79 Å². The van der Waals surface area contributed by atoms with E-state index in [9.17, 15) is 4.79 Å². The zero-order valence-corrected chi connectivity index (χ0v) is 14.5. The number of nitrogens with zero attached hydrogens (tertiary/aromatic N) is 4. The third kappa shape index (κ3) is 4.74. The van der Waals surface area contributed by atoms with Crippen LogP contribution in [0.25, 0.3) is 0 Å². The molecule has 0 radical (unpaired) electrons. The molecule has 1 fully saturated rings. The van der Waals surface area contributed by atoms with Gasteiger partial charge in [-0.2, -0.15) is 16.9 Å². The van der Waals surface area contributed by atoms with Gasteiger partial charge in [-0.25, -0.2) is 14.5 Å². The van der Waals surface area contributed by atoms with Crippen molar-refractivity contribution in [3.05, 3.63) is 48.5 Å². The van der Waals surface area contributed by atoms with Crippen LogP contribution in [-0.4, -0.2) is 51.1 Å². The molecule has 1 N–H and O–H groups in total. The molecule has 0 atom stereocenters. The highest BCUT2D eigenvalue weighted by Gasteiger charge is 2.23. The highest BCUT2D eigenvalue weighted by Crippen LogP contribution is 2.21. The lowest BCUT2D eigenvalue weighted by molar-refractivity contribution is 0.169. The minimum absolute atomic E-state index is 0.0485. The molecule has 0 spiro atoms. The molecule has 2 heterocycles. The molecule has 1 aromatic heterocycles. The number of benzene rings is 1. The summed E-state index contributed by atoms with van der Waals surface area (Å²) in [4.78, 5) is 18.1. The fourth-order valence-electron chi connectivity index (χ4n) is 2.85. The molecule has 128 valence electrons. The molecule has 1 saturated heterocycles. The molecule has 0 bridgehead atoms. The number of carbonyl (C=O) groups is 1. The van der Waals surface area contributed by atoms with Crippen LogP contribution in [0.2, 0.25) is 0 Å². The Bertz CT molecular complexity index is 611. The van der Waals surface area contributed by atoms with E-state index in [1.54, 1.807) is 12.7 Å². The van der Waals surface area contributed by atoms with Crippen molar-refractivity contribution >= 4 is 17.8 Å². The Morgan fingerprint density at radius 2 is 2.04 bits per heavy atom. The van der Waals surface area contributed by atoms with Gasteiger partial charge in [0, 0.05) is 31.1 Å². The number of likely N-dealkylation sites (tertiary alicyclic amines) is 1.